The summed E-state index contributed by atoms with van der Waals surface area (Å²) < 4.78 is 22.4. The van der Waals surface area contributed by atoms with Crippen molar-refractivity contribution in [2.24, 2.45) is 0 Å². The zero-order valence-corrected chi connectivity index (χ0v) is 33.5. The Morgan fingerprint density at radius 1 is 0.649 bits per heavy atom. The van der Waals surface area contributed by atoms with Crippen molar-refractivity contribution in [1.82, 2.24) is 5.32 Å². The van der Waals surface area contributed by atoms with Gasteiger partial charge in [0.2, 0.25) is 5.91 Å². The van der Waals surface area contributed by atoms with E-state index < -0.39 is 86.8 Å². The van der Waals surface area contributed by atoms with Gasteiger partial charge in [0.25, 0.3) is 0 Å². The number of hydrogen-bond acceptors (Lipinski definition) is 13. The van der Waals surface area contributed by atoms with E-state index in [-0.39, 0.29) is 18.9 Å². The van der Waals surface area contributed by atoms with Gasteiger partial charge in [-0.15, -0.1) is 0 Å². The summed E-state index contributed by atoms with van der Waals surface area (Å²) in [5.74, 6) is -0.337. The Labute approximate surface area is 338 Å². The topological polar surface area (TPSA) is 228 Å². The lowest BCUT2D eigenvalue weighted by Gasteiger charge is -2.46. The molecule has 2 aliphatic heterocycles. The van der Waals surface area contributed by atoms with Gasteiger partial charge in [0.15, 0.2) is 12.6 Å². The van der Waals surface area contributed by atoms with Crippen LogP contribution in [0, 0.1) is 0 Å². The molecule has 14 heteroatoms. The predicted molar refractivity (Wildman–Crippen MR) is 216 cm³/mol. The van der Waals surface area contributed by atoms with Crippen LogP contribution in [0.3, 0.4) is 0 Å². The van der Waals surface area contributed by atoms with Crippen molar-refractivity contribution in [2.45, 2.75) is 158 Å². The highest BCUT2D eigenvalue weighted by Gasteiger charge is 2.50. The van der Waals surface area contributed by atoms with Crippen LogP contribution in [0.25, 0.3) is 0 Å². The van der Waals surface area contributed by atoms with Gasteiger partial charge in [0.05, 0.1) is 32.0 Å². The standard InChI is InChI=1S/C43H69NO13/c1-3-5-7-9-10-11-12-13-14-15-16-17-18-19-20-21-22-23-25-27-35(48)44-31(32(47)26-24-8-6-4-2)30-54-42-40(53)38(51)41(34(29-46)56-42)57-43-39(52)37(50)36(49)33(28-45)55-43/h5,7,10-11,13-14,16-17,19-20,22-24,26,31-34,36-43,45-47,49-53H,3-4,6,8-9,12,15,18,21,25,27-30H2,1-2H3,(H,44,48)/b7-5-,11-10-,14-13-,17-16-,20-19-,23-22-,26-24+. The number of ether oxygens (including phenoxy) is 4. The molecule has 9 N–H and O–H groups in total. The van der Waals surface area contributed by atoms with E-state index in [0.29, 0.717) is 6.42 Å². The molecule has 12 atom stereocenters. The number of aliphatic hydroxyl groups excluding tert-OH is 8. The molecule has 0 aromatic rings. The summed E-state index contributed by atoms with van der Waals surface area (Å²) in [6.07, 6.45) is 20.2. The van der Waals surface area contributed by atoms with Crippen molar-refractivity contribution in [3.8, 4) is 0 Å². The lowest BCUT2D eigenvalue weighted by molar-refractivity contribution is -0.359. The highest BCUT2D eigenvalue weighted by molar-refractivity contribution is 5.76. The zero-order valence-electron chi connectivity index (χ0n) is 33.5. The molecule has 0 spiro atoms. The van der Waals surface area contributed by atoms with Crippen LogP contribution in [0.1, 0.15) is 84.5 Å². The van der Waals surface area contributed by atoms with Gasteiger partial charge in [-0.3, -0.25) is 4.79 Å². The first-order chi connectivity index (χ1) is 27.6. The molecule has 324 valence electrons. The van der Waals surface area contributed by atoms with Gasteiger partial charge in [-0.2, -0.15) is 0 Å². The average Bonchev–Trinajstić information content (AvgIpc) is 3.21. The lowest BCUT2D eigenvalue weighted by atomic mass is 9.97. The van der Waals surface area contributed by atoms with Gasteiger partial charge in [0.1, 0.15) is 48.8 Å². The van der Waals surface area contributed by atoms with Crippen LogP contribution in [-0.2, 0) is 23.7 Å². The van der Waals surface area contributed by atoms with Crippen molar-refractivity contribution in [2.75, 3.05) is 19.8 Å². The third-order valence-electron chi connectivity index (χ3n) is 9.35. The Bertz CT molecular complexity index is 1280. The SMILES string of the molecule is CC/C=C\C/C=C\C/C=C\C/C=C\C/C=C\C/C=C\CCC(=O)NC(COC1OC(CO)C(OC2OC(CO)C(O)C(O)C2O)C(O)C1O)C(O)/C=C/CCCC. The molecule has 57 heavy (non-hydrogen) atoms. The van der Waals surface area contributed by atoms with E-state index in [9.17, 15) is 45.6 Å². The van der Waals surface area contributed by atoms with Crippen molar-refractivity contribution in [3.05, 3.63) is 85.1 Å². The molecule has 0 bridgehead atoms. The van der Waals surface area contributed by atoms with Crippen LogP contribution in [0.2, 0.25) is 0 Å². The van der Waals surface area contributed by atoms with Crippen molar-refractivity contribution in [1.29, 1.82) is 0 Å². The summed E-state index contributed by atoms with van der Waals surface area (Å²) in [6.45, 7) is 2.39. The molecule has 0 aromatic carbocycles. The summed E-state index contributed by atoms with van der Waals surface area (Å²) in [4.78, 5) is 12.9. The summed E-state index contributed by atoms with van der Waals surface area (Å²) in [5.41, 5.74) is 0. The van der Waals surface area contributed by atoms with E-state index in [1.54, 1.807) is 6.08 Å². The van der Waals surface area contributed by atoms with Crippen molar-refractivity contribution in [3.63, 3.8) is 0 Å². The molecule has 14 nitrogen and oxygen atoms in total. The van der Waals surface area contributed by atoms with E-state index in [0.717, 1.165) is 57.8 Å². The highest BCUT2D eigenvalue weighted by Crippen LogP contribution is 2.29. The third-order valence-corrected chi connectivity index (χ3v) is 9.35. The Kier molecular flexibility index (Phi) is 26.7. The molecule has 0 radical (unpaired) electrons. The zero-order chi connectivity index (χ0) is 41.8. The second kappa shape index (κ2) is 30.2. The lowest BCUT2D eigenvalue weighted by Crippen LogP contribution is -2.65. The van der Waals surface area contributed by atoms with Crippen LogP contribution in [0.5, 0.6) is 0 Å². The highest BCUT2D eigenvalue weighted by atomic mass is 16.7. The molecule has 2 aliphatic rings. The molecule has 0 aliphatic carbocycles. The first-order valence-electron chi connectivity index (χ1n) is 20.3. The Balaban J connectivity index is 1.85. The maximum atomic E-state index is 12.9. The van der Waals surface area contributed by atoms with Gasteiger partial charge in [-0.25, -0.2) is 0 Å². The van der Waals surface area contributed by atoms with Crippen LogP contribution in [-0.4, -0.2) is 140 Å². The van der Waals surface area contributed by atoms with Crippen molar-refractivity contribution >= 4 is 5.91 Å². The molecule has 2 rings (SSSR count). The number of unbranched alkanes of at least 4 members (excludes halogenated alkanes) is 2. The van der Waals surface area contributed by atoms with Gasteiger partial charge >= 0.3 is 0 Å². The van der Waals surface area contributed by atoms with E-state index in [1.807, 2.05) is 25.2 Å². The van der Waals surface area contributed by atoms with E-state index in [1.165, 1.54) is 0 Å². The number of nitrogens with one attached hydrogen (secondary N) is 1. The summed E-state index contributed by atoms with van der Waals surface area (Å²) in [5, 5.41) is 85.6. The summed E-state index contributed by atoms with van der Waals surface area (Å²) in [6, 6.07) is -0.954. The molecule has 1 amide bonds. The number of aliphatic hydroxyl groups is 8. The van der Waals surface area contributed by atoms with E-state index in [4.69, 9.17) is 18.9 Å². The minimum absolute atomic E-state index is 0.149. The van der Waals surface area contributed by atoms with E-state index >= 15 is 0 Å². The fourth-order valence-electron chi connectivity index (χ4n) is 5.94. The minimum Gasteiger partial charge on any atom is -0.394 e. The Morgan fingerprint density at radius 3 is 1.72 bits per heavy atom. The van der Waals surface area contributed by atoms with Crippen LogP contribution < -0.4 is 5.32 Å². The monoisotopic (exact) mass is 807 g/mol. The number of allylic oxidation sites excluding steroid dienone is 13. The number of rotatable bonds is 27. The molecular formula is C43H69NO13. The molecule has 2 heterocycles. The average molecular weight is 808 g/mol. The third kappa shape index (κ3) is 19.2. The number of hydrogen-bond donors (Lipinski definition) is 9. The molecule has 0 saturated carbocycles. The molecule has 2 saturated heterocycles. The smallest absolute Gasteiger partial charge is 0.220 e. The Morgan fingerprint density at radius 2 is 1.18 bits per heavy atom. The minimum atomic E-state index is -1.80. The largest absolute Gasteiger partial charge is 0.394 e. The van der Waals surface area contributed by atoms with Crippen LogP contribution in [0.15, 0.2) is 85.1 Å². The summed E-state index contributed by atoms with van der Waals surface area (Å²) in [7, 11) is 0. The molecule has 0 aromatic heterocycles. The number of carbonyl (C=O) groups excluding carboxylic acids is 1. The van der Waals surface area contributed by atoms with Crippen LogP contribution in [0.4, 0.5) is 0 Å². The maximum absolute atomic E-state index is 12.9. The fraction of sp³-hybridized carbons (Fsp3) is 0.651. The Hall–Kier alpha value is -2.83. The molecule has 2 fully saturated rings. The first-order valence-corrected chi connectivity index (χ1v) is 20.3. The van der Waals surface area contributed by atoms with Crippen molar-refractivity contribution < 1.29 is 64.6 Å². The second-order valence-electron chi connectivity index (χ2n) is 14.0. The fourth-order valence-corrected chi connectivity index (χ4v) is 5.94. The van der Waals surface area contributed by atoms with Crippen LogP contribution >= 0.6 is 0 Å². The van der Waals surface area contributed by atoms with E-state index in [2.05, 4.69) is 73.0 Å². The second-order valence-corrected chi connectivity index (χ2v) is 14.0. The maximum Gasteiger partial charge on any atom is 0.220 e. The first kappa shape index (κ1) is 50.3. The number of carbonyl (C=O) groups is 1. The predicted octanol–water partition coefficient (Wildman–Crippen LogP) is 2.70. The normalized spacial score (nSPS) is 30.0. The number of amides is 1. The van der Waals surface area contributed by atoms with Gasteiger partial charge in [-0.1, -0.05) is 112 Å². The quantitative estimate of drug-likeness (QED) is 0.0431. The van der Waals surface area contributed by atoms with Gasteiger partial charge < -0.3 is 65.1 Å². The van der Waals surface area contributed by atoms with Gasteiger partial charge in [0, 0.05) is 6.42 Å². The summed E-state index contributed by atoms with van der Waals surface area (Å²) >= 11 is 0. The molecular weight excluding hydrogens is 738 g/mol. The molecule has 12 unspecified atom stereocenters. The van der Waals surface area contributed by atoms with Gasteiger partial charge in [-0.05, 0) is 51.4 Å².